The van der Waals surface area contributed by atoms with Gasteiger partial charge in [-0.1, -0.05) is 79.6 Å². The van der Waals surface area contributed by atoms with Gasteiger partial charge in [0, 0.05) is 95.0 Å². The highest BCUT2D eigenvalue weighted by molar-refractivity contribution is 5.85. The van der Waals surface area contributed by atoms with Crippen LogP contribution in [-0.4, -0.2) is 133 Å². The molecule has 3 aliphatic carbocycles. The van der Waals surface area contributed by atoms with Crippen LogP contribution < -0.4 is 22.5 Å². The summed E-state index contributed by atoms with van der Waals surface area (Å²) in [6, 6.07) is 0.464. The van der Waals surface area contributed by atoms with Crippen LogP contribution in [0.15, 0.2) is 20.0 Å². The Hall–Kier alpha value is -5.72. The summed E-state index contributed by atoms with van der Waals surface area (Å²) < 4.78 is 0. The van der Waals surface area contributed by atoms with E-state index in [-0.39, 0.29) is 5.96 Å². The molecule has 0 radical (unpaired) electrons. The number of nitriles is 2. The normalized spacial score (nSPS) is 13.3. The van der Waals surface area contributed by atoms with Gasteiger partial charge in [0.1, 0.15) is 5.84 Å². The highest BCUT2D eigenvalue weighted by Crippen LogP contribution is 2.31. The standard InChI is InChI=1S/C11H19N3.2C7H14N2.C5H10N4.4C5H11N.2C4H10N2/c1-2-6-11(13-9-12)14-10-7-4-3-5-8-10;2*1-3-9(2)7(8)6-4-5-6;1-3-9(2)5(7)8-4-6;4*1-3-4-5(2)6;2*1-3-6-4(2)5/h10H,2-8H2,1H3,(H,13,14);2*6,8H,3-5H2,1-2H3;3H2,1-2H3,(H2,7,8);4*6H,3-4H2,1-2H3;2*3H2,1-2H3,(H2,5,6). The van der Waals surface area contributed by atoms with E-state index in [4.69, 9.17) is 60.2 Å². The summed E-state index contributed by atoms with van der Waals surface area (Å²) in [6.45, 7) is 35.6. The van der Waals surface area contributed by atoms with Gasteiger partial charge in [-0.3, -0.25) is 31.1 Å². The minimum atomic E-state index is 0.264. The van der Waals surface area contributed by atoms with Gasteiger partial charge in [-0.15, -0.1) is 4.99 Å². The lowest BCUT2D eigenvalue weighted by Gasteiger charge is -2.18. The first-order chi connectivity index (χ1) is 36.2. The van der Waals surface area contributed by atoms with Gasteiger partial charge in [0.15, 0.2) is 6.19 Å². The van der Waals surface area contributed by atoms with Gasteiger partial charge < -0.3 is 53.5 Å². The second-order valence-electron chi connectivity index (χ2n) is 19.1. The van der Waals surface area contributed by atoms with Crippen LogP contribution in [0.2, 0.25) is 0 Å². The van der Waals surface area contributed by atoms with Gasteiger partial charge in [0.2, 0.25) is 12.2 Å². The zero-order chi connectivity index (χ0) is 61.2. The van der Waals surface area contributed by atoms with E-state index in [0.717, 1.165) is 137 Å². The molecule has 0 aromatic rings. The summed E-state index contributed by atoms with van der Waals surface area (Å²) in [5.41, 5.74) is 18.8. The molecule has 0 aromatic carbocycles. The fourth-order valence-corrected chi connectivity index (χ4v) is 5.87. The highest BCUT2D eigenvalue weighted by Gasteiger charge is 2.28. The number of amidine groups is 5. The van der Waals surface area contributed by atoms with Crippen molar-refractivity contribution in [2.24, 2.45) is 49.0 Å². The minimum Gasteiger partial charge on any atom is -0.388 e. The average molecular weight is 1080 g/mol. The summed E-state index contributed by atoms with van der Waals surface area (Å²) in [5, 5.41) is 61.9. The smallest absolute Gasteiger partial charge is 0.209 e. The molecule has 0 heterocycles. The van der Waals surface area contributed by atoms with Crippen LogP contribution >= 0.6 is 0 Å². The van der Waals surface area contributed by atoms with E-state index >= 15 is 0 Å². The zero-order valence-electron chi connectivity index (χ0n) is 53.0. The largest absolute Gasteiger partial charge is 0.388 e. The second kappa shape index (κ2) is 62.8. The predicted octanol–water partition coefficient (Wildman–Crippen LogP) is 13.0. The second-order valence-corrected chi connectivity index (χ2v) is 19.1. The van der Waals surface area contributed by atoms with Crippen molar-refractivity contribution in [1.29, 1.82) is 43.0 Å². The van der Waals surface area contributed by atoms with Crippen molar-refractivity contribution in [3.05, 3.63) is 0 Å². The van der Waals surface area contributed by atoms with Gasteiger partial charge >= 0.3 is 0 Å². The van der Waals surface area contributed by atoms with E-state index in [1.54, 1.807) is 32.0 Å². The Labute approximate surface area is 473 Å². The zero-order valence-corrected chi connectivity index (χ0v) is 53.0. The van der Waals surface area contributed by atoms with E-state index < -0.39 is 0 Å². The Bertz CT molecular complexity index is 1570. The molecule has 13 N–H and O–H groups in total. The molecule has 19 nitrogen and oxygen atoms in total. The van der Waals surface area contributed by atoms with Gasteiger partial charge in [-0.2, -0.15) is 10.5 Å². The Kier molecular flexibility index (Phi) is 69.5. The van der Waals surface area contributed by atoms with Gasteiger partial charge in [0.05, 0.1) is 29.4 Å². The maximum absolute atomic E-state index is 8.55. The van der Waals surface area contributed by atoms with E-state index in [9.17, 15) is 0 Å². The molecular weight excluding hydrogens is 963 g/mol. The number of nitrogens with two attached hydrogens (primary N) is 3. The summed E-state index contributed by atoms with van der Waals surface area (Å²) in [4.78, 5) is 21.3. The van der Waals surface area contributed by atoms with Crippen LogP contribution in [0, 0.1) is 67.2 Å². The van der Waals surface area contributed by atoms with Crippen LogP contribution in [0.5, 0.6) is 0 Å². The molecule has 3 saturated carbocycles. The lowest BCUT2D eigenvalue weighted by atomic mass is 9.96. The fraction of sp³-hybridized carbons (Fsp3) is 0.793. The molecular formula is C58H121N19. The molecule has 77 heavy (non-hydrogen) atoms. The molecule has 0 bridgehead atoms. The van der Waals surface area contributed by atoms with Crippen LogP contribution in [0.1, 0.15) is 233 Å². The summed E-state index contributed by atoms with van der Waals surface area (Å²) in [5.74, 6) is 5.34. The number of guanidine groups is 1. The molecule has 3 rings (SSSR count). The first-order valence-corrected chi connectivity index (χ1v) is 28.6. The van der Waals surface area contributed by atoms with Crippen molar-refractivity contribution >= 4 is 58.0 Å². The SMILES string of the molecule is CCCC(=NC1CCCCC1)NC#N.CCCC(C)=N.CCCC(C)=N.CCCC(C)=N.CCCC(C)=N.CCN(C)C(=N)C1CC1.CCN(C)C(=N)C1CC1.CCN(C)C(N)=NC#N.CCN=C(C)N.CCN=C(C)N. The van der Waals surface area contributed by atoms with Crippen LogP contribution in [-0.2, 0) is 0 Å². The molecule has 0 atom stereocenters. The third kappa shape index (κ3) is 76.9. The van der Waals surface area contributed by atoms with Gasteiger partial charge in [-0.05, 0) is 147 Å². The number of hydrogen-bond donors (Lipinski definition) is 10. The molecule has 0 saturated heterocycles. The van der Waals surface area contributed by atoms with Gasteiger partial charge in [0.25, 0.3) is 0 Å². The first kappa shape index (κ1) is 85.2. The van der Waals surface area contributed by atoms with Crippen molar-refractivity contribution in [2.75, 3.05) is 53.9 Å². The van der Waals surface area contributed by atoms with E-state index in [1.807, 2.05) is 78.6 Å². The number of nitrogens with one attached hydrogen (secondary N) is 7. The third-order valence-corrected chi connectivity index (χ3v) is 10.6. The quantitative estimate of drug-likeness (QED) is 0.0269. The fourth-order valence-electron chi connectivity index (χ4n) is 5.87. The lowest BCUT2D eigenvalue weighted by molar-refractivity contribution is 0.442. The molecule has 3 aliphatic rings. The minimum absolute atomic E-state index is 0.264. The Morgan fingerprint density at radius 2 is 0.805 bits per heavy atom. The molecule has 19 heteroatoms. The predicted molar refractivity (Wildman–Crippen MR) is 340 cm³/mol. The van der Waals surface area contributed by atoms with Crippen LogP contribution in [0.3, 0.4) is 0 Å². The molecule has 0 aromatic heterocycles. The Morgan fingerprint density at radius 3 is 0.987 bits per heavy atom. The molecule has 0 aliphatic heterocycles. The van der Waals surface area contributed by atoms with Crippen molar-refractivity contribution in [3.63, 3.8) is 0 Å². The van der Waals surface area contributed by atoms with E-state index in [2.05, 4.69) is 73.8 Å². The average Bonchev–Trinajstić information content (AvgIpc) is 4.31. The maximum Gasteiger partial charge on any atom is 0.209 e. The number of aliphatic imine (C=N–C) groups is 4. The van der Waals surface area contributed by atoms with Crippen molar-refractivity contribution in [1.82, 2.24) is 20.0 Å². The number of hydrogen-bond acceptors (Lipinski definition) is 12. The molecule has 3 fully saturated rings. The third-order valence-electron chi connectivity index (χ3n) is 10.6. The molecule has 0 spiro atoms. The molecule has 0 unspecified atom stereocenters. The monoisotopic (exact) mass is 1080 g/mol. The van der Waals surface area contributed by atoms with E-state index in [0.29, 0.717) is 29.5 Å². The summed E-state index contributed by atoms with van der Waals surface area (Å²) in [7, 11) is 5.75. The summed E-state index contributed by atoms with van der Waals surface area (Å²) >= 11 is 0. The van der Waals surface area contributed by atoms with Crippen LogP contribution in [0.4, 0.5) is 0 Å². The Morgan fingerprint density at radius 1 is 0.494 bits per heavy atom. The Balaban J connectivity index is -0.000000144. The highest BCUT2D eigenvalue weighted by atomic mass is 15.2. The van der Waals surface area contributed by atoms with Crippen molar-refractivity contribution < 1.29 is 0 Å². The van der Waals surface area contributed by atoms with Gasteiger partial charge in [-0.25, -0.2) is 0 Å². The van der Waals surface area contributed by atoms with Crippen LogP contribution in [0.25, 0.3) is 0 Å². The van der Waals surface area contributed by atoms with Crippen molar-refractivity contribution in [3.8, 4) is 12.4 Å². The van der Waals surface area contributed by atoms with Crippen molar-refractivity contribution in [2.45, 2.75) is 239 Å². The number of nitrogens with zero attached hydrogens (tertiary/aromatic N) is 9. The lowest BCUT2D eigenvalue weighted by Crippen LogP contribution is -2.33. The molecule has 0 amide bonds. The topological polar surface area (TPSA) is 340 Å². The van der Waals surface area contributed by atoms with E-state index in [1.165, 1.54) is 57.8 Å². The maximum atomic E-state index is 8.55. The summed E-state index contributed by atoms with van der Waals surface area (Å²) in [6.07, 6.45) is 25.0. The number of rotatable bonds is 18. The molecule has 448 valence electrons. The first-order valence-electron chi connectivity index (χ1n) is 28.6.